The van der Waals surface area contributed by atoms with Crippen LogP contribution < -0.4 is 9.64 Å². The molecule has 0 bridgehead atoms. The quantitative estimate of drug-likeness (QED) is 0.806. The van der Waals surface area contributed by atoms with Crippen LogP contribution in [0.3, 0.4) is 0 Å². The predicted molar refractivity (Wildman–Crippen MR) is 74.7 cm³/mol. The monoisotopic (exact) mass is 283 g/mol. The molecule has 0 aliphatic carbocycles. The van der Waals surface area contributed by atoms with Gasteiger partial charge in [-0.2, -0.15) is 0 Å². The first-order valence-electron chi connectivity index (χ1n) is 5.46. The largest absolute Gasteiger partial charge is 0.490 e. The van der Waals surface area contributed by atoms with E-state index in [0.717, 1.165) is 0 Å². The van der Waals surface area contributed by atoms with Gasteiger partial charge in [0.05, 0.1) is 13.2 Å². The molecule has 0 saturated heterocycles. The Hall–Kier alpha value is -1.33. The average molecular weight is 284 g/mol. The highest BCUT2D eigenvalue weighted by atomic mass is 35.5. The number of hydrogen-bond acceptors (Lipinski definition) is 5. The predicted octanol–water partition coefficient (Wildman–Crippen LogP) is 3.40. The van der Waals surface area contributed by atoms with E-state index in [-0.39, 0.29) is 6.04 Å². The molecule has 0 aliphatic rings. The van der Waals surface area contributed by atoms with Crippen molar-refractivity contribution in [3.8, 4) is 5.75 Å². The summed E-state index contributed by atoms with van der Waals surface area (Å²) in [6.45, 7) is 2.11. The molecular formula is C12H14ClN3OS. The molecule has 0 N–H and O–H groups in total. The van der Waals surface area contributed by atoms with Crippen molar-refractivity contribution in [3.63, 3.8) is 0 Å². The number of rotatable bonds is 4. The number of hydrogen-bond donors (Lipinski definition) is 0. The molecule has 1 unspecified atom stereocenters. The molecule has 6 heteroatoms. The molecule has 4 nitrogen and oxygen atoms in total. The van der Waals surface area contributed by atoms with Gasteiger partial charge < -0.3 is 9.64 Å². The second-order valence-corrected chi connectivity index (χ2v) is 5.16. The van der Waals surface area contributed by atoms with Crippen molar-refractivity contribution in [2.75, 3.05) is 19.1 Å². The maximum atomic E-state index is 6.00. The Morgan fingerprint density at radius 1 is 1.44 bits per heavy atom. The van der Waals surface area contributed by atoms with E-state index < -0.39 is 0 Å². The topological polar surface area (TPSA) is 38.3 Å². The molecule has 2 heterocycles. The van der Waals surface area contributed by atoms with Gasteiger partial charge in [-0.05, 0) is 18.4 Å². The maximum Gasteiger partial charge on any atom is 0.199 e. The fourth-order valence-electron chi connectivity index (χ4n) is 1.67. The summed E-state index contributed by atoms with van der Waals surface area (Å²) in [6, 6.07) is 4.33. The van der Waals surface area contributed by atoms with Crippen molar-refractivity contribution < 1.29 is 4.74 Å². The summed E-state index contributed by atoms with van der Waals surface area (Å²) < 4.78 is 5.27. The van der Waals surface area contributed by atoms with E-state index >= 15 is 0 Å². The van der Waals surface area contributed by atoms with Crippen molar-refractivity contribution in [2.45, 2.75) is 13.0 Å². The van der Waals surface area contributed by atoms with Crippen molar-refractivity contribution in [1.82, 2.24) is 9.97 Å². The molecule has 0 aliphatic heterocycles. The Kier molecular flexibility index (Phi) is 4.04. The molecule has 2 aromatic rings. The maximum absolute atomic E-state index is 6.00. The van der Waals surface area contributed by atoms with Crippen LogP contribution in [0.4, 0.5) is 5.82 Å². The van der Waals surface area contributed by atoms with Crippen LogP contribution in [0, 0.1) is 0 Å². The molecule has 0 saturated carbocycles. The van der Waals surface area contributed by atoms with Crippen LogP contribution >= 0.6 is 22.9 Å². The highest BCUT2D eigenvalue weighted by Crippen LogP contribution is 2.35. The van der Waals surface area contributed by atoms with Gasteiger partial charge in [0.1, 0.15) is 6.33 Å². The standard InChI is InChI=1S/C12H14ClN3OS/c1-8(9-5-4-6-18-9)16(2)12-10(17-3)11(13)14-7-15-12/h4-8H,1-3H3. The van der Waals surface area contributed by atoms with E-state index in [1.807, 2.05) is 18.0 Å². The van der Waals surface area contributed by atoms with E-state index in [1.165, 1.54) is 11.2 Å². The minimum absolute atomic E-state index is 0.199. The van der Waals surface area contributed by atoms with E-state index in [4.69, 9.17) is 16.3 Å². The van der Waals surface area contributed by atoms with Gasteiger partial charge in [-0.15, -0.1) is 11.3 Å². The van der Waals surface area contributed by atoms with Crippen LogP contribution in [0.15, 0.2) is 23.8 Å². The number of thiophene rings is 1. The van der Waals surface area contributed by atoms with Gasteiger partial charge in [-0.25, -0.2) is 9.97 Å². The van der Waals surface area contributed by atoms with Gasteiger partial charge in [0.2, 0.25) is 0 Å². The van der Waals surface area contributed by atoms with Gasteiger partial charge in [0.25, 0.3) is 0 Å². The zero-order chi connectivity index (χ0) is 13.1. The lowest BCUT2D eigenvalue weighted by atomic mass is 10.2. The van der Waals surface area contributed by atoms with Crippen LogP contribution in [0.5, 0.6) is 5.75 Å². The number of methoxy groups -OCH3 is 1. The smallest absolute Gasteiger partial charge is 0.199 e. The van der Waals surface area contributed by atoms with Crippen LogP contribution in [0.1, 0.15) is 17.8 Å². The van der Waals surface area contributed by atoms with Crippen LogP contribution in [0.2, 0.25) is 5.15 Å². The van der Waals surface area contributed by atoms with Crippen LogP contribution in [-0.4, -0.2) is 24.1 Å². The summed E-state index contributed by atoms with van der Waals surface area (Å²) >= 11 is 7.72. The number of anilines is 1. The Balaban J connectivity index is 2.34. The Morgan fingerprint density at radius 3 is 2.83 bits per heavy atom. The molecule has 2 rings (SSSR count). The summed E-state index contributed by atoms with van der Waals surface area (Å²) in [5.74, 6) is 1.20. The van der Waals surface area contributed by atoms with Gasteiger partial charge in [0.15, 0.2) is 16.7 Å². The van der Waals surface area contributed by atoms with E-state index in [1.54, 1.807) is 18.4 Å². The fraction of sp³-hybridized carbons (Fsp3) is 0.333. The molecular weight excluding hydrogens is 270 g/mol. The summed E-state index contributed by atoms with van der Waals surface area (Å²) in [4.78, 5) is 11.5. The van der Waals surface area contributed by atoms with Crippen molar-refractivity contribution in [3.05, 3.63) is 33.9 Å². The lowest BCUT2D eigenvalue weighted by Crippen LogP contribution is -2.22. The number of aromatic nitrogens is 2. The molecule has 0 radical (unpaired) electrons. The number of nitrogens with zero attached hydrogens (tertiary/aromatic N) is 3. The van der Waals surface area contributed by atoms with E-state index in [0.29, 0.717) is 16.7 Å². The molecule has 0 aromatic carbocycles. The van der Waals surface area contributed by atoms with Crippen molar-refractivity contribution >= 4 is 28.8 Å². The third kappa shape index (κ3) is 2.42. The second kappa shape index (κ2) is 5.54. The highest BCUT2D eigenvalue weighted by Gasteiger charge is 2.20. The molecule has 0 fully saturated rings. The number of ether oxygens (including phenoxy) is 1. The zero-order valence-electron chi connectivity index (χ0n) is 10.4. The van der Waals surface area contributed by atoms with Crippen LogP contribution in [-0.2, 0) is 0 Å². The third-order valence-corrected chi connectivity index (χ3v) is 4.13. The van der Waals surface area contributed by atoms with Gasteiger partial charge in [-0.3, -0.25) is 0 Å². The summed E-state index contributed by atoms with van der Waals surface area (Å²) in [5.41, 5.74) is 0. The SMILES string of the molecule is COc1c(Cl)ncnc1N(C)C(C)c1cccs1. The number of halogens is 1. The van der Waals surface area contributed by atoms with Gasteiger partial charge >= 0.3 is 0 Å². The minimum Gasteiger partial charge on any atom is -0.490 e. The fourth-order valence-corrected chi connectivity index (χ4v) is 2.71. The Bertz CT molecular complexity index is 518. The summed E-state index contributed by atoms with van der Waals surface area (Å²) in [6.07, 6.45) is 1.44. The van der Waals surface area contributed by atoms with Crippen molar-refractivity contribution in [2.24, 2.45) is 0 Å². The molecule has 2 aromatic heterocycles. The minimum atomic E-state index is 0.199. The normalized spacial score (nSPS) is 12.2. The molecule has 18 heavy (non-hydrogen) atoms. The van der Waals surface area contributed by atoms with Gasteiger partial charge in [-0.1, -0.05) is 17.7 Å². The molecule has 0 spiro atoms. The first-order valence-corrected chi connectivity index (χ1v) is 6.71. The summed E-state index contributed by atoms with van der Waals surface area (Å²) in [7, 11) is 3.53. The lowest BCUT2D eigenvalue weighted by molar-refractivity contribution is 0.410. The molecule has 1 atom stereocenters. The zero-order valence-corrected chi connectivity index (χ0v) is 12.0. The summed E-state index contributed by atoms with van der Waals surface area (Å²) in [5, 5.41) is 2.39. The lowest BCUT2D eigenvalue weighted by Gasteiger charge is -2.26. The highest BCUT2D eigenvalue weighted by molar-refractivity contribution is 7.10. The molecule has 0 amide bonds. The first-order chi connectivity index (χ1) is 8.65. The third-order valence-electron chi connectivity index (χ3n) is 2.82. The molecule has 96 valence electrons. The Morgan fingerprint density at radius 2 is 2.22 bits per heavy atom. The first kappa shape index (κ1) is 13.1. The second-order valence-electron chi connectivity index (χ2n) is 3.82. The average Bonchev–Trinajstić information content (AvgIpc) is 2.90. The van der Waals surface area contributed by atoms with E-state index in [9.17, 15) is 0 Å². The van der Waals surface area contributed by atoms with Crippen LogP contribution in [0.25, 0.3) is 0 Å². The van der Waals surface area contributed by atoms with Crippen molar-refractivity contribution in [1.29, 1.82) is 0 Å². The van der Waals surface area contributed by atoms with Gasteiger partial charge in [0, 0.05) is 11.9 Å². The van der Waals surface area contributed by atoms with E-state index in [2.05, 4.69) is 28.3 Å². The Labute approximate surface area is 115 Å².